The van der Waals surface area contributed by atoms with Crippen LogP contribution < -0.4 is 21.1 Å². The molecule has 3 heteroatoms. The first kappa shape index (κ1) is 10.7. The van der Waals surface area contributed by atoms with Gasteiger partial charge in [-0.2, -0.15) is 0 Å². The largest absolute Gasteiger partial charge is 0.347 e. The fraction of sp³-hybridized carbons (Fsp3) is 0.214. The highest BCUT2D eigenvalue weighted by Crippen LogP contribution is 2.23. The first-order valence-electron chi connectivity index (χ1n) is 6.05. The Morgan fingerprint density at radius 1 is 1.06 bits per heavy atom. The molecule has 1 aromatic heterocycles. The van der Waals surface area contributed by atoms with Gasteiger partial charge in [0.25, 0.3) is 0 Å². The van der Waals surface area contributed by atoms with E-state index in [1.807, 2.05) is 6.20 Å². The average molecular weight is 242 g/mol. The van der Waals surface area contributed by atoms with Crippen molar-refractivity contribution in [3.05, 3.63) is 53.9 Å². The Morgan fingerprint density at radius 2 is 1.76 bits per heavy atom. The smallest absolute Gasteiger partial charge is 0.176 e. The standard InChI is InChI=1S/C14H16N2Si/c1-17(2)12-6-4-3-5-10(12)14(15)11-9-16-8-7-13(11)17/h3-9,14H,15H2,1-2H3/p+2. The molecule has 2 heterocycles. The van der Waals surface area contributed by atoms with Gasteiger partial charge in [-0.15, -0.1) is 0 Å². The Balaban J connectivity index is 2.34. The predicted octanol–water partition coefficient (Wildman–Crippen LogP) is -0.0320. The topological polar surface area (TPSA) is 41.8 Å². The third-order valence-electron chi connectivity index (χ3n) is 3.95. The Labute approximate surface area is 103 Å². The summed E-state index contributed by atoms with van der Waals surface area (Å²) >= 11 is 0. The van der Waals surface area contributed by atoms with Crippen LogP contribution in [0.2, 0.25) is 13.1 Å². The van der Waals surface area contributed by atoms with Gasteiger partial charge in [0, 0.05) is 11.6 Å². The fourth-order valence-corrected chi connectivity index (χ4v) is 6.23. The van der Waals surface area contributed by atoms with Gasteiger partial charge in [-0.05, 0) is 10.4 Å². The van der Waals surface area contributed by atoms with E-state index in [1.54, 1.807) is 5.19 Å². The van der Waals surface area contributed by atoms with Gasteiger partial charge in [0.15, 0.2) is 12.4 Å². The van der Waals surface area contributed by atoms with Crippen molar-refractivity contribution < 1.29 is 10.7 Å². The van der Waals surface area contributed by atoms with Crippen LogP contribution >= 0.6 is 0 Å². The highest BCUT2D eigenvalue weighted by atomic mass is 28.3. The molecule has 0 amide bonds. The summed E-state index contributed by atoms with van der Waals surface area (Å²) in [5, 5.41) is 3.06. The lowest BCUT2D eigenvalue weighted by Crippen LogP contribution is -2.67. The van der Waals surface area contributed by atoms with Gasteiger partial charge in [0.2, 0.25) is 0 Å². The maximum Gasteiger partial charge on any atom is 0.176 e. The molecule has 0 fully saturated rings. The minimum atomic E-state index is -1.53. The molecule has 1 unspecified atom stereocenters. The zero-order valence-corrected chi connectivity index (χ0v) is 11.3. The van der Waals surface area contributed by atoms with E-state index in [2.05, 4.69) is 60.3 Å². The molecule has 3 rings (SSSR count). The van der Waals surface area contributed by atoms with Gasteiger partial charge in [0.05, 0.1) is 5.56 Å². The van der Waals surface area contributed by atoms with Crippen molar-refractivity contribution in [2.75, 3.05) is 0 Å². The average Bonchev–Trinajstić information content (AvgIpc) is 2.37. The molecule has 0 saturated heterocycles. The summed E-state index contributed by atoms with van der Waals surface area (Å²) in [6.07, 6.45) is 4.16. The fourth-order valence-electron chi connectivity index (χ4n) is 2.98. The summed E-state index contributed by atoms with van der Waals surface area (Å²) in [5.41, 5.74) is 7.14. The van der Waals surface area contributed by atoms with Crippen LogP contribution in [0.5, 0.6) is 0 Å². The van der Waals surface area contributed by atoms with Gasteiger partial charge in [-0.25, -0.2) is 4.98 Å². The normalized spacial score (nSPS) is 20.5. The van der Waals surface area contributed by atoms with Crippen LogP contribution in [-0.4, -0.2) is 8.07 Å². The van der Waals surface area contributed by atoms with E-state index in [9.17, 15) is 0 Å². The lowest BCUT2D eigenvalue weighted by Gasteiger charge is -2.33. The highest BCUT2D eigenvalue weighted by molar-refractivity contribution is 7.01. The Bertz CT molecular complexity index is 528. The molecule has 1 aromatic carbocycles. The molecule has 0 aliphatic carbocycles. The van der Waals surface area contributed by atoms with Crippen LogP contribution in [0.4, 0.5) is 0 Å². The Kier molecular flexibility index (Phi) is 2.21. The van der Waals surface area contributed by atoms with E-state index in [-0.39, 0.29) is 6.04 Å². The van der Waals surface area contributed by atoms with Gasteiger partial charge >= 0.3 is 0 Å². The number of H-pyrrole nitrogens is 1. The van der Waals surface area contributed by atoms with Crippen molar-refractivity contribution >= 4 is 18.4 Å². The number of hydrogen-bond acceptors (Lipinski definition) is 0. The first-order valence-corrected chi connectivity index (χ1v) is 9.05. The van der Waals surface area contributed by atoms with Crippen LogP contribution in [0, 0.1) is 0 Å². The second-order valence-corrected chi connectivity index (χ2v) is 9.61. The van der Waals surface area contributed by atoms with E-state index in [4.69, 9.17) is 0 Å². The minimum absolute atomic E-state index is 0.263. The van der Waals surface area contributed by atoms with Gasteiger partial charge in [0.1, 0.15) is 14.1 Å². The number of nitrogens with one attached hydrogen (secondary N) is 1. The third-order valence-corrected chi connectivity index (χ3v) is 7.56. The van der Waals surface area contributed by atoms with Crippen LogP contribution in [0.15, 0.2) is 42.7 Å². The SMILES string of the molecule is C[Si]1(C)c2ccccc2C([NH3+])c2c[nH+]ccc21. The predicted molar refractivity (Wildman–Crippen MR) is 70.9 cm³/mol. The maximum absolute atomic E-state index is 4.35. The van der Waals surface area contributed by atoms with Crippen LogP contribution in [0.25, 0.3) is 0 Å². The second-order valence-electron chi connectivity index (χ2n) is 5.28. The van der Waals surface area contributed by atoms with E-state index >= 15 is 0 Å². The van der Waals surface area contributed by atoms with Gasteiger partial charge in [-0.3, -0.25) is 0 Å². The van der Waals surface area contributed by atoms with E-state index < -0.39 is 8.07 Å². The van der Waals surface area contributed by atoms with Crippen LogP contribution in [0.3, 0.4) is 0 Å². The lowest BCUT2D eigenvalue weighted by molar-refractivity contribution is -0.419. The molecule has 0 spiro atoms. The lowest BCUT2D eigenvalue weighted by atomic mass is 10.0. The van der Waals surface area contributed by atoms with Crippen molar-refractivity contribution in [1.29, 1.82) is 0 Å². The Morgan fingerprint density at radius 3 is 2.59 bits per heavy atom. The molecule has 0 radical (unpaired) electrons. The summed E-state index contributed by atoms with van der Waals surface area (Å²) in [4.78, 5) is 3.20. The number of aromatic nitrogens is 1. The molecule has 0 saturated carbocycles. The third kappa shape index (κ3) is 1.39. The van der Waals surface area contributed by atoms with Crippen molar-refractivity contribution in [3.63, 3.8) is 0 Å². The Hall–Kier alpha value is -1.45. The number of benzene rings is 1. The van der Waals surface area contributed by atoms with E-state index in [0.29, 0.717) is 0 Å². The molecule has 1 aliphatic heterocycles. The zero-order valence-electron chi connectivity index (χ0n) is 10.3. The van der Waals surface area contributed by atoms with Crippen LogP contribution in [-0.2, 0) is 0 Å². The van der Waals surface area contributed by atoms with Crippen LogP contribution in [0.1, 0.15) is 17.2 Å². The van der Waals surface area contributed by atoms with Crippen molar-refractivity contribution in [3.8, 4) is 0 Å². The number of fused-ring (bicyclic) bond motifs is 2. The van der Waals surface area contributed by atoms with Gasteiger partial charge < -0.3 is 5.73 Å². The minimum Gasteiger partial charge on any atom is -0.347 e. The quantitative estimate of drug-likeness (QED) is 0.631. The van der Waals surface area contributed by atoms with Crippen molar-refractivity contribution in [2.24, 2.45) is 0 Å². The summed E-state index contributed by atoms with van der Waals surface area (Å²) < 4.78 is 0. The number of hydrogen-bond donors (Lipinski definition) is 1. The van der Waals surface area contributed by atoms with E-state index in [1.165, 1.54) is 16.3 Å². The molecule has 0 bridgehead atoms. The molecule has 1 atom stereocenters. The molecule has 4 N–H and O–H groups in total. The summed E-state index contributed by atoms with van der Waals surface area (Å²) in [7, 11) is -1.53. The molecule has 86 valence electrons. The number of quaternary nitrogens is 1. The summed E-state index contributed by atoms with van der Waals surface area (Å²) in [6, 6.07) is 11.3. The molecule has 2 nitrogen and oxygen atoms in total. The van der Waals surface area contributed by atoms with Gasteiger partial charge in [-0.1, -0.05) is 37.4 Å². The molecular weight excluding hydrogens is 224 g/mol. The maximum atomic E-state index is 4.35. The molecular formula is C14H18N2Si+2. The summed E-state index contributed by atoms with van der Waals surface area (Å²) in [5.74, 6) is 0. The monoisotopic (exact) mass is 242 g/mol. The number of aromatic amines is 1. The molecule has 2 aromatic rings. The van der Waals surface area contributed by atoms with Crippen molar-refractivity contribution in [2.45, 2.75) is 19.1 Å². The summed E-state index contributed by atoms with van der Waals surface area (Å²) in [6.45, 7) is 4.85. The first-order chi connectivity index (χ1) is 8.12. The number of rotatable bonds is 0. The molecule has 1 aliphatic rings. The van der Waals surface area contributed by atoms with Crippen molar-refractivity contribution in [1.82, 2.24) is 0 Å². The highest BCUT2D eigenvalue weighted by Gasteiger charge is 2.40. The second kappa shape index (κ2) is 3.52. The number of pyridine rings is 1. The molecule has 17 heavy (non-hydrogen) atoms. The zero-order chi connectivity index (χ0) is 12.0. The van der Waals surface area contributed by atoms with E-state index in [0.717, 1.165) is 0 Å².